The monoisotopic (exact) mass is 258 g/mol. The van der Waals surface area contributed by atoms with Crippen molar-refractivity contribution in [2.75, 3.05) is 18.5 Å². The second-order valence-electron chi connectivity index (χ2n) is 4.05. The first-order valence-electron chi connectivity index (χ1n) is 5.43. The highest BCUT2D eigenvalue weighted by Crippen LogP contribution is 2.35. The number of hydrogen-bond donors (Lipinski definition) is 0. The highest BCUT2D eigenvalue weighted by molar-refractivity contribution is 7.89. The van der Waals surface area contributed by atoms with Crippen LogP contribution in [0, 0.1) is 5.82 Å². The van der Waals surface area contributed by atoms with E-state index in [0.717, 1.165) is 6.07 Å². The van der Waals surface area contributed by atoms with E-state index in [-0.39, 0.29) is 11.1 Å². The Morgan fingerprint density at radius 3 is 2.65 bits per heavy atom. The van der Waals surface area contributed by atoms with E-state index in [1.807, 2.05) is 18.7 Å². The van der Waals surface area contributed by atoms with Gasteiger partial charge in [-0.25, -0.2) is 12.8 Å². The van der Waals surface area contributed by atoms with Crippen LogP contribution in [0.2, 0.25) is 0 Å². The summed E-state index contributed by atoms with van der Waals surface area (Å²) in [5.41, 5.74) is 0.569. The van der Waals surface area contributed by atoms with Gasteiger partial charge in [0.25, 0.3) is 0 Å². The van der Waals surface area contributed by atoms with Crippen LogP contribution in [-0.4, -0.2) is 32.5 Å². The summed E-state index contributed by atoms with van der Waals surface area (Å²) in [5, 5.41) is 0. The molecule has 0 aliphatic carbocycles. The van der Waals surface area contributed by atoms with Crippen LogP contribution in [0.5, 0.6) is 0 Å². The van der Waals surface area contributed by atoms with Gasteiger partial charge in [-0.3, -0.25) is 0 Å². The molecule has 0 saturated heterocycles. The number of anilines is 1. The van der Waals surface area contributed by atoms with Crippen molar-refractivity contribution in [2.24, 2.45) is 0 Å². The Bertz CT molecular complexity index is 544. The highest BCUT2D eigenvalue weighted by atomic mass is 32.2. The number of nitrogens with zero attached hydrogens (tertiary/aromatic N) is 2. The molecule has 1 unspecified atom stereocenters. The third-order valence-electron chi connectivity index (χ3n) is 3.21. The Hall–Kier alpha value is -1.14. The standard InChI is InChI=1S/C11H15FN2O2S/c1-4-14-8(2)13(3)17(15,16)11-7-9(12)5-6-10(11)14/h5-8H,4H2,1-3H3. The largest absolute Gasteiger partial charge is 0.354 e. The minimum Gasteiger partial charge on any atom is -0.354 e. The van der Waals surface area contributed by atoms with Gasteiger partial charge in [0, 0.05) is 13.6 Å². The van der Waals surface area contributed by atoms with Gasteiger partial charge in [0.2, 0.25) is 10.0 Å². The van der Waals surface area contributed by atoms with Crippen molar-refractivity contribution in [1.82, 2.24) is 4.31 Å². The summed E-state index contributed by atoms with van der Waals surface area (Å²) < 4.78 is 38.8. The number of fused-ring (bicyclic) bond motifs is 1. The molecule has 0 bridgehead atoms. The van der Waals surface area contributed by atoms with E-state index >= 15 is 0 Å². The lowest BCUT2D eigenvalue weighted by Crippen LogP contribution is -2.51. The molecule has 0 N–H and O–H groups in total. The second kappa shape index (κ2) is 3.96. The molecular weight excluding hydrogens is 243 g/mol. The third kappa shape index (κ3) is 1.71. The summed E-state index contributed by atoms with van der Waals surface area (Å²) in [6.45, 7) is 4.42. The molecule has 1 atom stereocenters. The van der Waals surface area contributed by atoms with E-state index in [1.165, 1.54) is 23.5 Å². The predicted octanol–water partition coefficient (Wildman–Crippen LogP) is 1.63. The fourth-order valence-electron chi connectivity index (χ4n) is 2.12. The van der Waals surface area contributed by atoms with Crippen molar-refractivity contribution in [3.8, 4) is 0 Å². The minimum absolute atomic E-state index is 0.0416. The van der Waals surface area contributed by atoms with Gasteiger partial charge in [0.1, 0.15) is 10.7 Å². The zero-order valence-corrected chi connectivity index (χ0v) is 10.8. The van der Waals surface area contributed by atoms with Crippen molar-refractivity contribution in [2.45, 2.75) is 24.9 Å². The van der Waals surface area contributed by atoms with Crippen molar-refractivity contribution < 1.29 is 12.8 Å². The summed E-state index contributed by atoms with van der Waals surface area (Å²) >= 11 is 0. The predicted molar refractivity (Wildman–Crippen MR) is 63.8 cm³/mol. The van der Waals surface area contributed by atoms with E-state index in [1.54, 1.807) is 0 Å². The van der Waals surface area contributed by atoms with Crippen molar-refractivity contribution in [3.63, 3.8) is 0 Å². The lowest BCUT2D eigenvalue weighted by Gasteiger charge is -2.41. The lowest BCUT2D eigenvalue weighted by atomic mass is 10.2. The lowest BCUT2D eigenvalue weighted by molar-refractivity contribution is 0.363. The van der Waals surface area contributed by atoms with Crippen molar-refractivity contribution >= 4 is 15.7 Å². The van der Waals surface area contributed by atoms with Crippen LogP contribution in [0.15, 0.2) is 23.1 Å². The zero-order chi connectivity index (χ0) is 12.8. The van der Waals surface area contributed by atoms with Crippen LogP contribution < -0.4 is 4.90 Å². The fraction of sp³-hybridized carbons (Fsp3) is 0.455. The molecule has 0 aromatic heterocycles. The Kier molecular flexibility index (Phi) is 2.87. The molecule has 4 nitrogen and oxygen atoms in total. The third-order valence-corrected chi connectivity index (χ3v) is 5.15. The Labute approximate surface area is 101 Å². The van der Waals surface area contributed by atoms with Gasteiger partial charge in [-0.2, -0.15) is 4.31 Å². The number of halogens is 1. The number of benzene rings is 1. The van der Waals surface area contributed by atoms with Gasteiger partial charge in [-0.1, -0.05) is 0 Å². The molecule has 17 heavy (non-hydrogen) atoms. The van der Waals surface area contributed by atoms with Crippen LogP contribution in [0.4, 0.5) is 10.1 Å². The number of rotatable bonds is 1. The van der Waals surface area contributed by atoms with E-state index in [9.17, 15) is 12.8 Å². The zero-order valence-electron chi connectivity index (χ0n) is 10.0. The SMILES string of the molecule is CCN1c2ccc(F)cc2S(=O)(=O)N(C)C1C. The van der Waals surface area contributed by atoms with Gasteiger partial charge < -0.3 is 4.90 Å². The maximum absolute atomic E-state index is 13.2. The van der Waals surface area contributed by atoms with E-state index in [4.69, 9.17) is 0 Å². The van der Waals surface area contributed by atoms with Crippen LogP contribution in [0.25, 0.3) is 0 Å². The number of hydrogen-bond acceptors (Lipinski definition) is 3. The van der Waals surface area contributed by atoms with Gasteiger partial charge in [-0.05, 0) is 32.0 Å². The first-order chi connectivity index (χ1) is 7.89. The van der Waals surface area contributed by atoms with Crippen LogP contribution in [-0.2, 0) is 10.0 Å². The quantitative estimate of drug-likeness (QED) is 0.768. The highest BCUT2D eigenvalue weighted by Gasteiger charge is 2.37. The maximum atomic E-state index is 13.2. The van der Waals surface area contributed by atoms with Crippen LogP contribution >= 0.6 is 0 Å². The molecule has 0 amide bonds. The molecule has 1 aromatic rings. The molecule has 1 aliphatic heterocycles. The van der Waals surface area contributed by atoms with Gasteiger partial charge >= 0.3 is 0 Å². The Balaban J connectivity index is 2.72. The van der Waals surface area contributed by atoms with Gasteiger partial charge in [0.05, 0.1) is 11.9 Å². The summed E-state index contributed by atoms with van der Waals surface area (Å²) in [5.74, 6) is -0.536. The molecule has 6 heteroatoms. The van der Waals surface area contributed by atoms with Crippen LogP contribution in [0.1, 0.15) is 13.8 Å². The first-order valence-corrected chi connectivity index (χ1v) is 6.88. The van der Waals surface area contributed by atoms with E-state index in [2.05, 4.69) is 0 Å². The van der Waals surface area contributed by atoms with Crippen molar-refractivity contribution in [1.29, 1.82) is 0 Å². The fourth-order valence-corrected chi connectivity index (χ4v) is 3.66. The Morgan fingerprint density at radius 2 is 2.06 bits per heavy atom. The molecule has 94 valence electrons. The van der Waals surface area contributed by atoms with Gasteiger partial charge in [0.15, 0.2) is 0 Å². The van der Waals surface area contributed by atoms with Crippen LogP contribution in [0.3, 0.4) is 0 Å². The minimum atomic E-state index is -3.58. The number of sulfonamides is 1. The molecule has 0 radical (unpaired) electrons. The van der Waals surface area contributed by atoms with Crippen molar-refractivity contribution in [3.05, 3.63) is 24.0 Å². The summed E-state index contributed by atoms with van der Waals surface area (Å²) in [6.07, 6.45) is -0.261. The average Bonchev–Trinajstić information content (AvgIpc) is 2.29. The first kappa shape index (κ1) is 12.3. The molecule has 0 fully saturated rings. The summed E-state index contributed by atoms with van der Waals surface area (Å²) in [6, 6.07) is 3.89. The van der Waals surface area contributed by atoms with Gasteiger partial charge in [-0.15, -0.1) is 0 Å². The van der Waals surface area contributed by atoms with E-state index < -0.39 is 15.8 Å². The smallest absolute Gasteiger partial charge is 0.246 e. The second-order valence-corrected chi connectivity index (χ2v) is 6.02. The molecule has 0 saturated carbocycles. The van der Waals surface area contributed by atoms with E-state index in [0.29, 0.717) is 12.2 Å². The molecule has 1 aliphatic rings. The molecule has 2 rings (SSSR count). The topological polar surface area (TPSA) is 40.6 Å². The molecule has 0 spiro atoms. The normalized spacial score (nSPS) is 23.5. The average molecular weight is 258 g/mol. The summed E-state index contributed by atoms with van der Waals surface area (Å²) in [7, 11) is -2.07. The summed E-state index contributed by atoms with van der Waals surface area (Å²) in [4.78, 5) is 1.97. The molecule has 1 heterocycles. The maximum Gasteiger partial charge on any atom is 0.246 e. The molecule has 1 aromatic carbocycles. The Morgan fingerprint density at radius 1 is 1.41 bits per heavy atom. The molecular formula is C11H15FN2O2S.